The molecule has 144 valence electrons. The number of hydrogen-bond donors (Lipinski definition) is 1. The number of carbonyl (C=O) groups excluding carboxylic acids is 2. The van der Waals surface area contributed by atoms with Gasteiger partial charge in [0.15, 0.2) is 0 Å². The number of hydrogen-bond acceptors (Lipinski definition) is 7. The van der Waals surface area contributed by atoms with Crippen LogP contribution in [0, 0.1) is 0 Å². The number of aryl methyl sites for hydroxylation is 2. The number of rotatable bonds is 5. The Morgan fingerprint density at radius 3 is 2.63 bits per heavy atom. The highest BCUT2D eigenvalue weighted by atomic mass is 32.2. The summed E-state index contributed by atoms with van der Waals surface area (Å²) in [4.78, 5) is 39.0. The zero-order valence-electron chi connectivity index (χ0n) is 15.2. The maximum absolute atomic E-state index is 12.7. The first kappa shape index (κ1) is 19.1. The lowest BCUT2D eigenvalue weighted by Gasteiger charge is -2.27. The highest BCUT2D eigenvalue weighted by Gasteiger charge is 2.20. The number of carbonyl (C=O) groups is 2. The molecule has 0 unspecified atom stereocenters. The van der Waals surface area contributed by atoms with Crippen LogP contribution in [0.4, 0.5) is 5.69 Å². The first-order valence-corrected chi connectivity index (χ1v) is 9.59. The number of anilines is 1. The lowest BCUT2D eigenvalue weighted by atomic mass is 10.1. The average Bonchev–Trinajstić information content (AvgIpc) is 3.08. The Morgan fingerprint density at radius 1 is 1.22 bits per heavy atom. The fraction of sp³-hybridized carbons (Fsp3) is 0.500. The van der Waals surface area contributed by atoms with Gasteiger partial charge in [0.05, 0.1) is 11.3 Å². The second kappa shape index (κ2) is 8.33. The maximum Gasteiger partial charge on any atom is 0.274 e. The Balaban J connectivity index is 1.71. The molecule has 0 spiro atoms. The van der Waals surface area contributed by atoms with Crippen LogP contribution in [-0.4, -0.2) is 60.3 Å². The Bertz CT molecular complexity index is 902. The van der Waals surface area contributed by atoms with Crippen molar-refractivity contribution in [1.29, 1.82) is 0 Å². The van der Waals surface area contributed by atoms with Gasteiger partial charge in [-0.1, -0.05) is 11.8 Å². The minimum atomic E-state index is -0.373. The van der Waals surface area contributed by atoms with Gasteiger partial charge in [-0.05, 0) is 35.8 Å². The van der Waals surface area contributed by atoms with Crippen LogP contribution >= 0.6 is 11.8 Å². The molecule has 0 radical (unpaired) electrons. The topological polar surface area (TPSA) is 115 Å². The number of tetrazole rings is 1. The van der Waals surface area contributed by atoms with Gasteiger partial charge >= 0.3 is 0 Å². The summed E-state index contributed by atoms with van der Waals surface area (Å²) in [5, 5.41) is 14.1. The number of pyridine rings is 1. The zero-order valence-corrected chi connectivity index (χ0v) is 16.0. The zero-order chi connectivity index (χ0) is 19.4. The molecule has 27 heavy (non-hydrogen) atoms. The van der Waals surface area contributed by atoms with Crippen LogP contribution in [0.3, 0.4) is 0 Å². The Labute approximate surface area is 159 Å². The Hall–Kier alpha value is -2.69. The van der Waals surface area contributed by atoms with Crippen molar-refractivity contribution >= 4 is 29.3 Å². The van der Waals surface area contributed by atoms with Gasteiger partial charge in [0, 0.05) is 33.4 Å². The highest BCUT2D eigenvalue weighted by molar-refractivity contribution is 7.99. The number of amides is 2. The molecule has 1 fully saturated rings. The van der Waals surface area contributed by atoms with Crippen molar-refractivity contribution in [2.24, 2.45) is 14.1 Å². The molecule has 1 N–H and O–H groups in total. The Morgan fingerprint density at radius 2 is 1.96 bits per heavy atom. The van der Waals surface area contributed by atoms with E-state index in [1.54, 1.807) is 19.0 Å². The van der Waals surface area contributed by atoms with Crippen molar-refractivity contribution in [3.8, 4) is 0 Å². The molecule has 1 aliphatic heterocycles. The number of thioether (sulfide) groups is 1. The van der Waals surface area contributed by atoms with Gasteiger partial charge in [-0.25, -0.2) is 4.68 Å². The molecular weight excluding hydrogens is 370 g/mol. The Kier molecular flexibility index (Phi) is 5.89. The average molecular weight is 391 g/mol. The van der Waals surface area contributed by atoms with E-state index in [1.165, 1.54) is 21.5 Å². The fourth-order valence-corrected chi connectivity index (χ4v) is 3.51. The summed E-state index contributed by atoms with van der Waals surface area (Å²) in [5.74, 6) is -0.454. The lowest BCUT2D eigenvalue weighted by Crippen LogP contribution is -2.36. The van der Waals surface area contributed by atoms with Crippen LogP contribution in [0.15, 0.2) is 22.2 Å². The van der Waals surface area contributed by atoms with Crippen molar-refractivity contribution in [2.75, 3.05) is 24.2 Å². The molecule has 0 aliphatic carbocycles. The molecule has 1 aliphatic rings. The standard InChI is InChI=1S/C16H21N7O3S/c1-21-9-11(14(25)23-6-4-3-5-7-23)8-12(15(21)26)17-13(24)10-27-16-18-19-20-22(16)2/h8-9H,3-7,10H2,1-2H3,(H,17,24). The minimum Gasteiger partial charge on any atom is -0.339 e. The number of likely N-dealkylation sites (tertiary alicyclic amines) is 1. The normalized spacial score (nSPS) is 14.2. The van der Waals surface area contributed by atoms with Gasteiger partial charge in [0.25, 0.3) is 11.5 Å². The molecule has 3 rings (SSSR count). The molecule has 0 aromatic carbocycles. The molecule has 2 aromatic heterocycles. The minimum absolute atomic E-state index is 0.0433. The summed E-state index contributed by atoms with van der Waals surface area (Å²) in [6.07, 6.45) is 4.59. The summed E-state index contributed by atoms with van der Waals surface area (Å²) in [7, 11) is 3.23. The van der Waals surface area contributed by atoms with Gasteiger partial charge < -0.3 is 14.8 Å². The largest absolute Gasteiger partial charge is 0.339 e. The van der Waals surface area contributed by atoms with Crippen LogP contribution in [0.5, 0.6) is 0 Å². The highest BCUT2D eigenvalue weighted by Crippen LogP contribution is 2.16. The summed E-state index contributed by atoms with van der Waals surface area (Å²) in [5.41, 5.74) is 0.102. The second-order valence-electron chi connectivity index (χ2n) is 6.33. The molecule has 11 heteroatoms. The lowest BCUT2D eigenvalue weighted by molar-refractivity contribution is -0.113. The maximum atomic E-state index is 12.7. The van der Waals surface area contributed by atoms with E-state index in [-0.39, 0.29) is 28.8 Å². The molecule has 0 bridgehead atoms. The summed E-state index contributed by atoms with van der Waals surface area (Å²) >= 11 is 1.16. The quantitative estimate of drug-likeness (QED) is 0.727. The third-order valence-electron chi connectivity index (χ3n) is 4.26. The van der Waals surface area contributed by atoms with E-state index in [9.17, 15) is 14.4 Å². The van der Waals surface area contributed by atoms with Crippen LogP contribution in [-0.2, 0) is 18.9 Å². The third kappa shape index (κ3) is 4.54. The molecule has 2 aromatic rings. The smallest absolute Gasteiger partial charge is 0.274 e. The predicted molar refractivity (Wildman–Crippen MR) is 99.6 cm³/mol. The molecule has 0 saturated carbocycles. The van der Waals surface area contributed by atoms with Crippen molar-refractivity contribution in [1.82, 2.24) is 29.7 Å². The van der Waals surface area contributed by atoms with E-state index in [0.717, 1.165) is 31.0 Å². The summed E-state index contributed by atoms with van der Waals surface area (Å²) in [6.45, 7) is 1.43. The van der Waals surface area contributed by atoms with Gasteiger partial charge in [-0.2, -0.15) is 0 Å². The van der Waals surface area contributed by atoms with Gasteiger partial charge in [-0.3, -0.25) is 14.4 Å². The predicted octanol–water partition coefficient (Wildman–Crippen LogP) is 0.266. The van der Waals surface area contributed by atoms with Crippen molar-refractivity contribution < 1.29 is 9.59 Å². The van der Waals surface area contributed by atoms with E-state index < -0.39 is 0 Å². The molecular formula is C16H21N7O3S. The molecule has 1 saturated heterocycles. The number of piperidine rings is 1. The fourth-order valence-electron chi connectivity index (χ4n) is 2.86. The molecule has 10 nitrogen and oxygen atoms in total. The van der Waals surface area contributed by atoms with Crippen molar-refractivity contribution in [3.63, 3.8) is 0 Å². The van der Waals surface area contributed by atoms with E-state index in [0.29, 0.717) is 23.8 Å². The van der Waals surface area contributed by atoms with Crippen LogP contribution in [0.25, 0.3) is 0 Å². The van der Waals surface area contributed by atoms with Gasteiger partial charge in [0.1, 0.15) is 5.69 Å². The third-order valence-corrected chi connectivity index (χ3v) is 5.27. The van der Waals surface area contributed by atoms with E-state index in [4.69, 9.17) is 0 Å². The van der Waals surface area contributed by atoms with E-state index in [1.807, 2.05) is 0 Å². The SMILES string of the molecule is Cn1nnnc1SCC(=O)Nc1cc(C(=O)N2CCCCC2)cn(C)c1=O. The van der Waals surface area contributed by atoms with Gasteiger partial charge in [0.2, 0.25) is 11.1 Å². The molecule has 0 atom stereocenters. The second-order valence-corrected chi connectivity index (χ2v) is 7.28. The van der Waals surface area contributed by atoms with Crippen LogP contribution < -0.4 is 10.9 Å². The van der Waals surface area contributed by atoms with E-state index in [2.05, 4.69) is 20.8 Å². The first-order chi connectivity index (χ1) is 13.0. The first-order valence-electron chi connectivity index (χ1n) is 8.60. The van der Waals surface area contributed by atoms with Crippen molar-refractivity contribution in [3.05, 3.63) is 28.2 Å². The summed E-state index contributed by atoms with van der Waals surface area (Å²) < 4.78 is 2.77. The molecule has 2 amide bonds. The van der Waals surface area contributed by atoms with E-state index >= 15 is 0 Å². The van der Waals surface area contributed by atoms with Crippen LogP contribution in [0.1, 0.15) is 29.6 Å². The monoisotopic (exact) mass is 391 g/mol. The van der Waals surface area contributed by atoms with Gasteiger partial charge in [-0.15, -0.1) is 5.10 Å². The summed E-state index contributed by atoms with van der Waals surface area (Å²) in [6, 6.07) is 1.45. The number of nitrogens with zero attached hydrogens (tertiary/aromatic N) is 6. The number of aromatic nitrogens is 5. The van der Waals surface area contributed by atoms with Crippen LogP contribution in [0.2, 0.25) is 0 Å². The number of nitrogens with one attached hydrogen (secondary N) is 1. The van der Waals surface area contributed by atoms with Crippen molar-refractivity contribution in [2.45, 2.75) is 24.4 Å². The molecule has 3 heterocycles.